The summed E-state index contributed by atoms with van der Waals surface area (Å²) in [6.07, 6.45) is 1.20. The summed E-state index contributed by atoms with van der Waals surface area (Å²) in [7, 11) is 0. The van der Waals surface area contributed by atoms with Crippen LogP contribution in [0.4, 0.5) is 4.39 Å². The molecule has 1 aliphatic heterocycles. The lowest BCUT2D eigenvalue weighted by atomic mass is 9.80. The molecule has 1 aromatic rings. The fraction of sp³-hybridized carbons (Fsp3) is 0.647. The lowest BCUT2D eigenvalue weighted by Crippen LogP contribution is -2.39. The molecule has 2 rings (SSSR count). The number of nitrogens with two attached hydrogens (primary N) is 1. The summed E-state index contributed by atoms with van der Waals surface area (Å²) in [5, 5.41) is 0. The standard InChI is InChI=1S/C17H27FN2/c1-12(19)16(13-6-5-7-15(18)10-13)20-9-8-14(11-20)17(2,3)4/h5-7,10,12,14,16H,8-9,11,19H2,1-4H3. The molecule has 1 saturated heterocycles. The van der Waals surface area contributed by atoms with Gasteiger partial charge < -0.3 is 5.73 Å². The Morgan fingerprint density at radius 2 is 2.05 bits per heavy atom. The molecule has 3 heteroatoms. The molecule has 0 radical (unpaired) electrons. The minimum Gasteiger partial charge on any atom is -0.326 e. The van der Waals surface area contributed by atoms with Crippen molar-refractivity contribution in [3.05, 3.63) is 35.6 Å². The second-order valence-electron chi connectivity index (χ2n) is 7.21. The minimum atomic E-state index is -0.181. The third kappa shape index (κ3) is 3.39. The maximum Gasteiger partial charge on any atom is 0.123 e. The van der Waals surface area contributed by atoms with Crippen LogP contribution in [-0.4, -0.2) is 24.0 Å². The normalized spacial score (nSPS) is 23.8. The van der Waals surface area contributed by atoms with E-state index in [4.69, 9.17) is 5.73 Å². The molecule has 1 aromatic carbocycles. The molecule has 0 aliphatic carbocycles. The highest BCUT2D eigenvalue weighted by Gasteiger charge is 2.36. The van der Waals surface area contributed by atoms with Gasteiger partial charge in [0, 0.05) is 18.6 Å². The molecule has 3 atom stereocenters. The van der Waals surface area contributed by atoms with Gasteiger partial charge in [0.1, 0.15) is 5.82 Å². The number of halogens is 1. The van der Waals surface area contributed by atoms with Crippen molar-refractivity contribution in [2.45, 2.75) is 46.2 Å². The molecular formula is C17H27FN2. The van der Waals surface area contributed by atoms with Crippen LogP contribution >= 0.6 is 0 Å². The minimum absolute atomic E-state index is 0.00415. The van der Waals surface area contributed by atoms with Gasteiger partial charge in [-0.05, 0) is 48.9 Å². The molecule has 0 amide bonds. The monoisotopic (exact) mass is 278 g/mol. The van der Waals surface area contributed by atoms with Crippen LogP contribution in [0.3, 0.4) is 0 Å². The van der Waals surface area contributed by atoms with E-state index in [9.17, 15) is 4.39 Å². The molecule has 0 bridgehead atoms. The summed E-state index contributed by atoms with van der Waals surface area (Å²) < 4.78 is 13.5. The highest BCUT2D eigenvalue weighted by atomic mass is 19.1. The van der Waals surface area contributed by atoms with E-state index < -0.39 is 0 Å². The van der Waals surface area contributed by atoms with Gasteiger partial charge >= 0.3 is 0 Å². The van der Waals surface area contributed by atoms with Gasteiger partial charge in [0.15, 0.2) is 0 Å². The Kier molecular flexibility index (Phi) is 4.50. The fourth-order valence-electron chi connectivity index (χ4n) is 3.28. The van der Waals surface area contributed by atoms with Crippen molar-refractivity contribution in [1.29, 1.82) is 0 Å². The van der Waals surface area contributed by atoms with E-state index in [-0.39, 0.29) is 17.9 Å². The maximum absolute atomic E-state index is 13.5. The summed E-state index contributed by atoms with van der Waals surface area (Å²) in [5.74, 6) is 0.497. The number of rotatable bonds is 3. The lowest BCUT2D eigenvalue weighted by Gasteiger charge is -2.33. The van der Waals surface area contributed by atoms with Crippen LogP contribution < -0.4 is 5.73 Å². The highest BCUT2D eigenvalue weighted by molar-refractivity contribution is 5.22. The summed E-state index contributed by atoms with van der Waals surface area (Å²) >= 11 is 0. The second-order valence-corrected chi connectivity index (χ2v) is 7.21. The lowest BCUT2D eigenvalue weighted by molar-refractivity contribution is 0.180. The van der Waals surface area contributed by atoms with Crippen LogP contribution in [0.1, 0.15) is 45.7 Å². The van der Waals surface area contributed by atoms with E-state index in [1.807, 2.05) is 13.0 Å². The first-order valence-electron chi connectivity index (χ1n) is 7.54. The Hall–Kier alpha value is -0.930. The zero-order valence-electron chi connectivity index (χ0n) is 13.1. The van der Waals surface area contributed by atoms with Crippen molar-refractivity contribution in [2.24, 2.45) is 17.1 Å². The zero-order valence-corrected chi connectivity index (χ0v) is 13.1. The first-order chi connectivity index (χ1) is 9.29. The Balaban J connectivity index is 2.19. The van der Waals surface area contributed by atoms with Crippen molar-refractivity contribution >= 4 is 0 Å². The summed E-state index contributed by atoms with van der Waals surface area (Å²) in [5.41, 5.74) is 7.50. The van der Waals surface area contributed by atoms with Crippen molar-refractivity contribution in [3.8, 4) is 0 Å². The van der Waals surface area contributed by atoms with E-state index in [0.29, 0.717) is 11.3 Å². The molecule has 0 saturated carbocycles. The van der Waals surface area contributed by atoms with Crippen molar-refractivity contribution in [3.63, 3.8) is 0 Å². The van der Waals surface area contributed by atoms with E-state index in [1.54, 1.807) is 12.1 Å². The Bertz CT molecular complexity index is 451. The molecule has 20 heavy (non-hydrogen) atoms. The molecule has 3 unspecified atom stereocenters. The molecule has 1 aliphatic rings. The number of nitrogens with zero attached hydrogens (tertiary/aromatic N) is 1. The number of hydrogen-bond donors (Lipinski definition) is 1. The third-order valence-corrected chi connectivity index (χ3v) is 4.53. The number of likely N-dealkylation sites (tertiary alicyclic amines) is 1. The van der Waals surface area contributed by atoms with Crippen LogP contribution in [0.15, 0.2) is 24.3 Å². The Morgan fingerprint density at radius 1 is 1.35 bits per heavy atom. The van der Waals surface area contributed by atoms with Gasteiger partial charge in [-0.3, -0.25) is 4.90 Å². The van der Waals surface area contributed by atoms with E-state index >= 15 is 0 Å². The highest BCUT2D eigenvalue weighted by Crippen LogP contribution is 2.37. The Labute approximate surface area is 122 Å². The van der Waals surface area contributed by atoms with Gasteiger partial charge in [0.05, 0.1) is 0 Å². The van der Waals surface area contributed by atoms with Crippen LogP contribution in [0, 0.1) is 17.2 Å². The summed E-state index contributed by atoms with van der Waals surface area (Å²) in [4.78, 5) is 2.43. The van der Waals surface area contributed by atoms with Gasteiger partial charge in [0.2, 0.25) is 0 Å². The quantitative estimate of drug-likeness (QED) is 0.915. The van der Waals surface area contributed by atoms with Crippen molar-refractivity contribution in [2.75, 3.05) is 13.1 Å². The molecule has 1 heterocycles. The predicted molar refractivity (Wildman–Crippen MR) is 81.9 cm³/mol. The first kappa shape index (κ1) is 15.5. The van der Waals surface area contributed by atoms with Gasteiger partial charge in [0.25, 0.3) is 0 Å². The predicted octanol–water partition coefficient (Wildman–Crippen LogP) is 3.58. The maximum atomic E-state index is 13.5. The van der Waals surface area contributed by atoms with E-state index in [1.165, 1.54) is 12.5 Å². The average molecular weight is 278 g/mol. The fourth-order valence-corrected chi connectivity index (χ4v) is 3.28. The number of benzene rings is 1. The van der Waals surface area contributed by atoms with Crippen LogP contribution in [-0.2, 0) is 0 Å². The van der Waals surface area contributed by atoms with Crippen LogP contribution in [0.5, 0.6) is 0 Å². The molecular weight excluding hydrogens is 251 g/mol. The third-order valence-electron chi connectivity index (χ3n) is 4.53. The molecule has 0 aromatic heterocycles. The van der Waals surface area contributed by atoms with Crippen LogP contribution in [0.25, 0.3) is 0 Å². The summed E-state index contributed by atoms with van der Waals surface area (Å²) in [6.45, 7) is 11.0. The van der Waals surface area contributed by atoms with Gasteiger partial charge in [-0.1, -0.05) is 32.9 Å². The Morgan fingerprint density at radius 3 is 2.55 bits per heavy atom. The summed E-state index contributed by atoms with van der Waals surface area (Å²) in [6, 6.07) is 6.98. The average Bonchev–Trinajstić information content (AvgIpc) is 2.77. The smallest absolute Gasteiger partial charge is 0.123 e. The van der Waals surface area contributed by atoms with Gasteiger partial charge in [-0.25, -0.2) is 4.39 Å². The number of hydrogen-bond acceptors (Lipinski definition) is 2. The molecule has 2 nitrogen and oxygen atoms in total. The topological polar surface area (TPSA) is 29.3 Å². The van der Waals surface area contributed by atoms with E-state index in [0.717, 1.165) is 18.7 Å². The SMILES string of the molecule is CC(N)C(c1cccc(F)c1)N1CCC(C(C)(C)C)C1. The molecule has 112 valence electrons. The van der Waals surface area contributed by atoms with Gasteiger partial charge in [-0.15, -0.1) is 0 Å². The van der Waals surface area contributed by atoms with E-state index in [2.05, 4.69) is 25.7 Å². The van der Waals surface area contributed by atoms with Crippen molar-refractivity contribution in [1.82, 2.24) is 4.90 Å². The molecule has 2 N–H and O–H groups in total. The molecule has 1 fully saturated rings. The first-order valence-corrected chi connectivity index (χ1v) is 7.54. The molecule has 0 spiro atoms. The van der Waals surface area contributed by atoms with Crippen molar-refractivity contribution < 1.29 is 4.39 Å². The zero-order chi connectivity index (χ0) is 14.9. The van der Waals surface area contributed by atoms with Crippen LogP contribution in [0.2, 0.25) is 0 Å². The van der Waals surface area contributed by atoms with Gasteiger partial charge in [-0.2, -0.15) is 0 Å². The largest absolute Gasteiger partial charge is 0.326 e. The second kappa shape index (κ2) is 5.82.